The molecule has 2 fully saturated rings. The predicted octanol–water partition coefficient (Wildman–Crippen LogP) is 5.28. The number of aromatic nitrogens is 4. The molecular formula is C30H36N6O4S. The molecule has 0 aromatic carbocycles. The predicted molar refractivity (Wildman–Crippen MR) is 155 cm³/mol. The Bertz CT molecular complexity index is 1510. The number of nitrogens with one attached hydrogen (secondary N) is 1. The van der Waals surface area contributed by atoms with Gasteiger partial charge in [0.1, 0.15) is 6.10 Å². The molecule has 0 bridgehead atoms. The lowest BCUT2D eigenvalue weighted by molar-refractivity contribution is 0.0750. The number of rotatable bonds is 7. The normalized spacial score (nSPS) is 23.1. The van der Waals surface area contributed by atoms with Crippen LogP contribution in [0.15, 0.2) is 35.3 Å². The summed E-state index contributed by atoms with van der Waals surface area (Å²) in [7, 11) is 0. The molecule has 41 heavy (non-hydrogen) atoms. The molecule has 4 heterocycles. The quantitative estimate of drug-likeness (QED) is 0.392. The molecule has 216 valence electrons. The SMILES string of the molecule is Cc1nn(-c2cscn2)cc1C(=O)N1C[C@@H]2C(Oc3cc(C(C)(C)NC(=O)O)cc(C4=CCC(C)(C)CC4)n3)[C@@H]2C1. The van der Waals surface area contributed by atoms with Gasteiger partial charge in [0.25, 0.3) is 5.91 Å². The van der Waals surface area contributed by atoms with E-state index < -0.39 is 11.6 Å². The minimum atomic E-state index is -1.08. The van der Waals surface area contributed by atoms with Gasteiger partial charge in [0.05, 0.1) is 28.0 Å². The van der Waals surface area contributed by atoms with E-state index in [1.54, 1.807) is 16.4 Å². The van der Waals surface area contributed by atoms with Crippen molar-refractivity contribution in [2.75, 3.05) is 13.1 Å². The maximum absolute atomic E-state index is 13.3. The third kappa shape index (κ3) is 5.47. The molecule has 11 heteroatoms. The lowest BCUT2D eigenvalue weighted by Gasteiger charge is -2.30. The summed E-state index contributed by atoms with van der Waals surface area (Å²) in [5.74, 6) is 1.66. The Hall–Kier alpha value is -3.73. The van der Waals surface area contributed by atoms with Gasteiger partial charge >= 0.3 is 6.09 Å². The fraction of sp³-hybridized carbons (Fsp3) is 0.500. The highest BCUT2D eigenvalue weighted by Crippen LogP contribution is 2.48. The fourth-order valence-electron chi connectivity index (χ4n) is 5.97. The number of nitrogens with zero attached hydrogens (tertiary/aromatic N) is 5. The van der Waals surface area contributed by atoms with E-state index in [-0.39, 0.29) is 29.3 Å². The minimum Gasteiger partial charge on any atom is -0.474 e. The van der Waals surface area contributed by atoms with E-state index in [2.05, 4.69) is 35.3 Å². The molecule has 2 aliphatic carbocycles. The number of hydrogen-bond donors (Lipinski definition) is 2. The van der Waals surface area contributed by atoms with E-state index >= 15 is 0 Å². The molecule has 2 amide bonds. The summed E-state index contributed by atoms with van der Waals surface area (Å²) in [6.07, 6.45) is 5.86. The summed E-state index contributed by atoms with van der Waals surface area (Å²) in [6, 6.07) is 3.83. The Kier molecular flexibility index (Phi) is 6.67. The van der Waals surface area contributed by atoms with Gasteiger partial charge in [0.2, 0.25) is 5.88 Å². The van der Waals surface area contributed by atoms with Crippen LogP contribution in [0.4, 0.5) is 4.79 Å². The number of hydrogen-bond acceptors (Lipinski definition) is 7. The summed E-state index contributed by atoms with van der Waals surface area (Å²) in [4.78, 5) is 35.9. The van der Waals surface area contributed by atoms with Crippen LogP contribution in [0.25, 0.3) is 11.4 Å². The summed E-state index contributed by atoms with van der Waals surface area (Å²) < 4.78 is 8.10. The number of piperidine rings is 1. The number of ether oxygens (including phenoxy) is 1. The second kappa shape index (κ2) is 9.97. The van der Waals surface area contributed by atoms with Gasteiger partial charge < -0.3 is 20.1 Å². The summed E-state index contributed by atoms with van der Waals surface area (Å²) in [5, 5.41) is 18.4. The zero-order chi connectivity index (χ0) is 29.1. The maximum Gasteiger partial charge on any atom is 0.405 e. The Morgan fingerprint density at radius 1 is 1.22 bits per heavy atom. The van der Waals surface area contributed by atoms with Crippen molar-refractivity contribution in [3.63, 3.8) is 0 Å². The van der Waals surface area contributed by atoms with Crippen molar-refractivity contribution < 1.29 is 19.4 Å². The van der Waals surface area contributed by atoms with E-state index in [0.717, 1.165) is 30.5 Å². The zero-order valence-corrected chi connectivity index (χ0v) is 24.9. The summed E-state index contributed by atoms with van der Waals surface area (Å²) in [5.41, 5.74) is 5.27. The van der Waals surface area contributed by atoms with E-state index in [9.17, 15) is 14.7 Å². The first-order valence-electron chi connectivity index (χ1n) is 14.0. The average molecular weight is 577 g/mol. The number of carbonyl (C=O) groups is 2. The van der Waals surface area contributed by atoms with Gasteiger partial charge in [0, 0.05) is 42.6 Å². The van der Waals surface area contributed by atoms with Crippen LogP contribution in [-0.2, 0) is 5.54 Å². The first-order valence-corrected chi connectivity index (χ1v) is 15.0. The van der Waals surface area contributed by atoms with Crippen molar-refractivity contribution in [2.45, 2.75) is 65.5 Å². The number of likely N-dealkylation sites (tertiary alicyclic amines) is 1. The standard InChI is InChI=1S/C30H36N6O4S/c1-17-20(14-36(34-17)24-15-41-16-31-24)27(37)35-12-21-22(13-35)26(21)40-25-11-19(30(4,5)33-28(38)39)10-23(32-25)18-6-8-29(2,3)9-7-18/h6,10-11,14-16,21-22,26,33H,7-9,12-13H2,1-5H3,(H,38,39)/t21-,22+,26?. The Balaban J connectivity index is 1.17. The number of allylic oxidation sites excluding steroid dienone is 2. The smallest absolute Gasteiger partial charge is 0.405 e. The van der Waals surface area contributed by atoms with E-state index in [4.69, 9.17) is 9.72 Å². The molecule has 0 spiro atoms. The van der Waals surface area contributed by atoms with Crippen LogP contribution >= 0.6 is 11.3 Å². The lowest BCUT2D eigenvalue weighted by Crippen LogP contribution is -2.40. The fourth-order valence-corrected chi connectivity index (χ4v) is 6.49. The topological polar surface area (TPSA) is 122 Å². The van der Waals surface area contributed by atoms with Crippen LogP contribution in [0.5, 0.6) is 5.88 Å². The summed E-state index contributed by atoms with van der Waals surface area (Å²) >= 11 is 1.48. The van der Waals surface area contributed by atoms with Crippen LogP contribution in [0.3, 0.4) is 0 Å². The number of pyridine rings is 1. The molecule has 1 unspecified atom stereocenters. The van der Waals surface area contributed by atoms with Gasteiger partial charge in [-0.15, -0.1) is 11.3 Å². The van der Waals surface area contributed by atoms with Crippen molar-refractivity contribution in [3.8, 4) is 11.7 Å². The van der Waals surface area contributed by atoms with Crippen molar-refractivity contribution in [1.82, 2.24) is 30.0 Å². The van der Waals surface area contributed by atoms with E-state index in [1.165, 1.54) is 16.9 Å². The first-order chi connectivity index (χ1) is 19.4. The van der Waals surface area contributed by atoms with E-state index in [0.29, 0.717) is 36.0 Å². The second-order valence-corrected chi connectivity index (χ2v) is 13.5. The number of fused-ring (bicyclic) bond motifs is 1. The van der Waals surface area contributed by atoms with Crippen LogP contribution < -0.4 is 10.1 Å². The first kappa shape index (κ1) is 27.4. The van der Waals surface area contributed by atoms with Gasteiger partial charge in [-0.1, -0.05) is 19.9 Å². The third-order valence-corrected chi connectivity index (χ3v) is 9.26. The average Bonchev–Trinajstić information content (AvgIpc) is 3.41. The monoisotopic (exact) mass is 576 g/mol. The number of thiazole rings is 1. The van der Waals surface area contributed by atoms with Crippen LogP contribution in [0.1, 0.15) is 74.3 Å². The lowest BCUT2D eigenvalue weighted by atomic mass is 9.77. The zero-order valence-electron chi connectivity index (χ0n) is 24.0. The van der Waals surface area contributed by atoms with Crippen molar-refractivity contribution in [2.24, 2.45) is 17.3 Å². The highest BCUT2D eigenvalue weighted by molar-refractivity contribution is 7.07. The highest BCUT2D eigenvalue weighted by Gasteiger charge is 2.59. The Morgan fingerprint density at radius 3 is 2.61 bits per heavy atom. The van der Waals surface area contributed by atoms with Crippen LogP contribution in [0.2, 0.25) is 0 Å². The molecule has 10 nitrogen and oxygen atoms in total. The number of carboxylic acid groups (broad SMARTS) is 1. The molecule has 2 N–H and O–H groups in total. The molecule has 0 radical (unpaired) electrons. The molecule has 3 atom stereocenters. The highest BCUT2D eigenvalue weighted by atomic mass is 32.1. The van der Waals surface area contributed by atoms with Crippen molar-refractivity contribution in [3.05, 3.63) is 57.8 Å². The molecular weight excluding hydrogens is 540 g/mol. The largest absolute Gasteiger partial charge is 0.474 e. The number of aryl methyl sites for hydroxylation is 1. The molecule has 3 aromatic rings. The number of amides is 2. The number of carbonyl (C=O) groups excluding carboxylic acids is 1. The molecule has 3 aliphatic rings. The van der Waals surface area contributed by atoms with E-state index in [1.807, 2.05) is 43.2 Å². The van der Waals surface area contributed by atoms with Gasteiger partial charge in [-0.25, -0.2) is 19.4 Å². The maximum atomic E-state index is 13.3. The molecule has 3 aromatic heterocycles. The molecule has 1 aliphatic heterocycles. The van der Waals surface area contributed by atoms with Crippen LogP contribution in [0, 0.1) is 24.2 Å². The molecule has 6 rings (SSSR count). The third-order valence-electron chi connectivity index (χ3n) is 8.69. The van der Waals surface area contributed by atoms with Gasteiger partial charge in [0.15, 0.2) is 5.82 Å². The van der Waals surface area contributed by atoms with Gasteiger partial charge in [-0.05, 0) is 62.7 Å². The molecule has 1 saturated carbocycles. The van der Waals surface area contributed by atoms with Gasteiger partial charge in [-0.2, -0.15) is 5.10 Å². The summed E-state index contributed by atoms with van der Waals surface area (Å²) in [6.45, 7) is 11.3. The van der Waals surface area contributed by atoms with Gasteiger partial charge in [-0.3, -0.25) is 4.79 Å². The Morgan fingerprint density at radius 2 is 1.98 bits per heavy atom. The Labute approximate surface area is 243 Å². The van der Waals surface area contributed by atoms with Crippen molar-refractivity contribution >= 4 is 28.9 Å². The van der Waals surface area contributed by atoms with Crippen LogP contribution in [-0.4, -0.2) is 60.9 Å². The second-order valence-electron chi connectivity index (χ2n) is 12.8. The minimum absolute atomic E-state index is 0.0222. The van der Waals surface area contributed by atoms with Crippen molar-refractivity contribution in [1.29, 1.82) is 0 Å². The molecule has 1 saturated heterocycles.